The zero-order valence-corrected chi connectivity index (χ0v) is 12.7. The molecule has 3 rings (SSSR count). The second-order valence-electron chi connectivity index (χ2n) is 5.52. The van der Waals surface area contributed by atoms with E-state index in [4.69, 9.17) is 9.47 Å². The normalized spacial score (nSPS) is 20.8. The third-order valence-electron chi connectivity index (χ3n) is 4.20. The number of nitrogens with zero attached hydrogens (tertiary/aromatic N) is 1. The van der Waals surface area contributed by atoms with Crippen molar-refractivity contribution in [1.82, 2.24) is 0 Å². The summed E-state index contributed by atoms with van der Waals surface area (Å²) in [6, 6.07) is 17.2. The molecule has 1 saturated heterocycles. The fourth-order valence-electron chi connectivity index (χ4n) is 3.12. The summed E-state index contributed by atoms with van der Waals surface area (Å²) in [6.07, 6.45) is 0. The lowest BCUT2D eigenvalue weighted by molar-refractivity contribution is 0.323. The summed E-state index contributed by atoms with van der Waals surface area (Å²) in [5, 5.41) is 0. The van der Waals surface area contributed by atoms with Crippen molar-refractivity contribution in [2.45, 2.75) is 13.0 Å². The molecule has 1 heterocycles. The Morgan fingerprint density at radius 2 is 1.67 bits per heavy atom. The molecule has 3 heteroatoms. The molecular weight excluding hydrogens is 262 g/mol. The smallest absolute Gasteiger partial charge is 0.162 e. The quantitative estimate of drug-likeness (QED) is 0.849. The Morgan fingerprint density at radius 1 is 0.952 bits per heavy atom. The van der Waals surface area contributed by atoms with Gasteiger partial charge in [0.05, 0.1) is 20.3 Å². The van der Waals surface area contributed by atoms with Crippen LogP contribution in [0.1, 0.15) is 18.5 Å². The third-order valence-corrected chi connectivity index (χ3v) is 4.20. The van der Waals surface area contributed by atoms with Gasteiger partial charge in [-0.1, -0.05) is 37.3 Å². The molecule has 21 heavy (non-hydrogen) atoms. The van der Waals surface area contributed by atoms with Gasteiger partial charge in [0.2, 0.25) is 0 Å². The van der Waals surface area contributed by atoms with Crippen LogP contribution in [-0.4, -0.2) is 20.8 Å². The summed E-state index contributed by atoms with van der Waals surface area (Å²) in [7, 11) is 3.34. The first-order chi connectivity index (χ1) is 10.2. The minimum absolute atomic E-state index is 0.435. The molecule has 110 valence electrons. The average Bonchev–Trinajstić information content (AvgIpc) is 2.52. The number of ether oxygens (including phenoxy) is 2. The Morgan fingerprint density at radius 3 is 2.29 bits per heavy atom. The van der Waals surface area contributed by atoms with Crippen LogP contribution >= 0.6 is 0 Å². The first-order valence-electron chi connectivity index (χ1n) is 7.28. The van der Waals surface area contributed by atoms with Crippen LogP contribution < -0.4 is 14.4 Å². The standard InChI is InChI=1S/C18H21NO2/c1-13-12-19(18(13)14-7-5-4-6-8-14)15-9-10-16(20-2)17(11-15)21-3/h4-11,13,18H,12H2,1-3H3/t13-,18+/m1/s1. The molecule has 0 saturated carbocycles. The first-order valence-corrected chi connectivity index (χ1v) is 7.28. The monoisotopic (exact) mass is 283 g/mol. The topological polar surface area (TPSA) is 21.7 Å². The second-order valence-corrected chi connectivity index (χ2v) is 5.52. The molecule has 0 aromatic heterocycles. The van der Waals surface area contributed by atoms with Gasteiger partial charge in [-0.25, -0.2) is 0 Å². The fraction of sp³-hybridized carbons (Fsp3) is 0.333. The third kappa shape index (κ3) is 2.44. The van der Waals surface area contributed by atoms with Gasteiger partial charge >= 0.3 is 0 Å². The van der Waals surface area contributed by atoms with Crippen molar-refractivity contribution in [3.8, 4) is 11.5 Å². The van der Waals surface area contributed by atoms with Crippen LogP contribution in [0.2, 0.25) is 0 Å². The van der Waals surface area contributed by atoms with Gasteiger partial charge < -0.3 is 14.4 Å². The summed E-state index contributed by atoms with van der Waals surface area (Å²) < 4.78 is 10.7. The number of methoxy groups -OCH3 is 2. The van der Waals surface area contributed by atoms with Crippen LogP contribution in [0.5, 0.6) is 11.5 Å². The highest BCUT2D eigenvalue weighted by Gasteiger charge is 2.37. The SMILES string of the molecule is COc1ccc(N2C[C@@H](C)[C@H]2c2ccccc2)cc1OC. The Hall–Kier alpha value is -2.16. The van der Waals surface area contributed by atoms with Crippen molar-refractivity contribution < 1.29 is 9.47 Å². The van der Waals surface area contributed by atoms with Crippen molar-refractivity contribution in [1.29, 1.82) is 0 Å². The van der Waals surface area contributed by atoms with E-state index in [-0.39, 0.29) is 0 Å². The van der Waals surface area contributed by atoms with E-state index in [9.17, 15) is 0 Å². The molecule has 0 radical (unpaired) electrons. The summed E-state index contributed by atoms with van der Waals surface area (Å²) in [6.45, 7) is 3.37. The van der Waals surface area contributed by atoms with Crippen molar-refractivity contribution in [3.05, 3.63) is 54.1 Å². The highest BCUT2D eigenvalue weighted by Crippen LogP contribution is 2.43. The second kappa shape index (κ2) is 5.68. The largest absolute Gasteiger partial charge is 0.493 e. The Kier molecular flexibility index (Phi) is 3.74. The van der Waals surface area contributed by atoms with Crippen LogP contribution in [0.3, 0.4) is 0 Å². The van der Waals surface area contributed by atoms with Gasteiger partial charge in [0.15, 0.2) is 11.5 Å². The summed E-state index contributed by atoms with van der Waals surface area (Å²) in [4.78, 5) is 2.42. The zero-order valence-electron chi connectivity index (χ0n) is 12.7. The molecule has 1 fully saturated rings. The molecule has 1 aliphatic rings. The first kappa shape index (κ1) is 13.8. The molecule has 2 atom stereocenters. The highest BCUT2D eigenvalue weighted by atomic mass is 16.5. The number of rotatable bonds is 4. The maximum atomic E-state index is 5.41. The van der Waals surface area contributed by atoms with Crippen molar-refractivity contribution in [2.75, 3.05) is 25.7 Å². The van der Waals surface area contributed by atoms with Crippen LogP contribution in [0, 0.1) is 5.92 Å². The lowest BCUT2D eigenvalue weighted by Crippen LogP contribution is -2.48. The van der Waals surface area contributed by atoms with E-state index in [0.29, 0.717) is 12.0 Å². The summed E-state index contributed by atoms with van der Waals surface area (Å²) in [5.74, 6) is 2.20. The fourth-order valence-corrected chi connectivity index (χ4v) is 3.12. The van der Waals surface area contributed by atoms with Gasteiger partial charge in [0, 0.05) is 18.3 Å². The molecule has 2 aromatic carbocycles. The van der Waals surface area contributed by atoms with E-state index in [2.05, 4.69) is 54.3 Å². The minimum atomic E-state index is 0.435. The minimum Gasteiger partial charge on any atom is -0.493 e. The molecule has 0 spiro atoms. The van der Waals surface area contributed by atoms with Gasteiger partial charge in [0.25, 0.3) is 0 Å². The predicted octanol–water partition coefficient (Wildman–Crippen LogP) is 3.90. The Balaban J connectivity index is 1.90. The molecule has 2 aromatic rings. The van der Waals surface area contributed by atoms with Gasteiger partial charge in [-0.2, -0.15) is 0 Å². The molecule has 1 aliphatic heterocycles. The molecule has 0 amide bonds. The van der Waals surface area contributed by atoms with Gasteiger partial charge in [-0.15, -0.1) is 0 Å². The molecule has 0 unspecified atom stereocenters. The zero-order chi connectivity index (χ0) is 14.8. The number of benzene rings is 2. The maximum Gasteiger partial charge on any atom is 0.162 e. The lowest BCUT2D eigenvalue weighted by Gasteiger charge is -2.48. The molecular formula is C18H21NO2. The molecule has 3 nitrogen and oxygen atoms in total. The van der Waals surface area contributed by atoms with E-state index >= 15 is 0 Å². The summed E-state index contributed by atoms with van der Waals surface area (Å²) >= 11 is 0. The summed E-state index contributed by atoms with van der Waals surface area (Å²) in [5.41, 5.74) is 2.55. The highest BCUT2D eigenvalue weighted by molar-refractivity contribution is 5.59. The number of hydrogen-bond donors (Lipinski definition) is 0. The lowest BCUT2D eigenvalue weighted by atomic mass is 9.84. The van der Waals surface area contributed by atoms with Crippen LogP contribution in [-0.2, 0) is 0 Å². The van der Waals surface area contributed by atoms with Crippen molar-refractivity contribution in [2.24, 2.45) is 5.92 Å². The van der Waals surface area contributed by atoms with Gasteiger partial charge in [-0.3, -0.25) is 0 Å². The molecule has 0 aliphatic carbocycles. The van der Waals surface area contributed by atoms with E-state index in [0.717, 1.165) is 18.0 Å². The molecule has 0 bridgehead atoms. The van der Waals surface area contributed by atoms with Crippen molar-refractivity contribution >= 4 is 5.69 Å². The number of anilines is 1. The number of hydrogen-bond acceptors (Lipinski definition) is 3. The van der Waals surface area contributed by atoms with E-state index in [1.807, 2.05) is 6.07 Å². The van der Waals surface area contributed by atoms with E-state index < -0.39 is 0 Å². The van der Waals surface area contributed by atoms with Crippen LogP contribution in [0.4, 0.5) is 5.69 Å². The van der Waals surface area contributed by atoms with E-state index in [1.165, 1.54) is 11.3 Å². The maximum absolute atomic E-state index is 5.41. The van der Waals surface area contributed by atoms with Crippen molar-refractivity contribution in [3.63, 3.8) is 0 Å². The predicted molar refractivity (Wildman–Crippen MR) is 85.2 cm³/mol. The molecule has 0 N–H and O–H groups in total. The Bertz CT molecular complexity index is 612. The average molecular weight is 283 g/mol. The van der Waals surface area contributed by atoms with Gasteiger partial charge in [-0.05, 0) is 23.6 Å². The van der Waals surface area contributed by atoms with Gasteiger partial charge in [0.1, 0.15) is 0 Å². The Labute approximate surface area is 126 Å². The van der Waals surface area contributed by atoms with Crippen LogP contribution in [0.15, 0.2) is 48.5 Å². The van der Waals surface area contributed by atoms with Crippen LogP contribution in [0.25, 0.3) is 0 Å². The van der Waals surface area contributed by atoms with E-state index in [1.54, 1.807) is 14.2 Å².